The van der Waals surface area contributed by atoms with Crippen LogP contribution in [-0.4, -0.2) is 16.0 Å². The molecule has 0 aliphatic carbocycles. The molecule has 0 saturated carbocycles. The Hall–Kier alpha value is -0.830. The van der Waals surface area contributed by atoms with Gasteiger partial charge in [-0.05, 0) is 30.4 Å². The summed E-state index contributed by atoms with van der Waals surface area (Å²) in [5, 5.41) is 18.8. The predicted octanol–water partition coefficient (Wildman–Crippen LogP) is 9.23. The summed E-state index contributed by atoms with van der Waals surface area (Å²) in [6.07, 6.45) is 25.3. The molecule has 0 spiro atoms. The summed E-state index contributed by atoms with van der Waals surface area (Å²) < 4.78 is 0. The predicted molar refractivity (Wildman–Crippen MR) is 129 cm³/mol. The Morgan fingerprint density at radius 3 is 1.38 bits per heavy atom. The molecule has 168 valence electrons. The van der Waals surface area contributed by atoms with E-state index in [1.54, 1.807) is 23.9 Å². The molecule has 0 aliphatic heterocycles. The molecule has 0 amide bonds. The largest absolute Gasteiger partial charge is 0.504 e. The number of aromatic hydroxyl groups is 2. The van der Waals surface area contributed by atoms with Gasteiger partial charge in [-0.2, -0.15) is 0 Å². The van der Waals surface area contributed by atoms with Gasteiger partial charge in [0.05, 0.1) is 0 Å². The maximum absolute atomic E-state index is 9.50. The van der Waals surface area contributed by atoms with Crippen LogP contribution in [-0.2, 0) is 0 Å². The SMILES string of the molecule is CCCCCCCCCCCCCCCCCCCCSc1ccc(O)c(O)c1. The highest BCUT2D eigenvalue weighted by Gasteiger charge is 2.01. The van der Waals surface area contributed by atoms with E-state index >= 15 is 0 Å². The molecule has 0 fully saturated rings. The maximum atomic E-state index is 9.50. The van der Waals surface area contributed by atoms with Gasteiger partial charge in [0, 0.05) is 4.90 Å². The summed E-state index contributed by atoms with van der Waals surface area (Å²) in [4.78, 5) is 1.03. The second kappa shape index (κ2) is 19.2. The molecule has 0 unspecified atom stereocenters. The molecule has 29 heavy (non-hydrogen) atoms. The number of unbranched alkanes of at least 4 members (excludes halogenated alkanes) is 17. The molecule has 0 aliphatic rings. The van der Waals surface area contributed by atoms with Crippen LogP contribution in [0, 0.1) is 0 Å². The van der Waals surface area contributed by atoms with Crippen molar-refractivity contribution < 1.29 is 10.2 Å². The lowest BCUT2D eigenvalue weighted by Gasteiger charge is -2.05. The Balaban J connectivity index is 1.74. The molecule has 0 heterocycles. The van der Waals surface area contributed by atoms with Gasteiger partial charge in [-0.25, -0.2) is 0 Å². The Kier molecular flexibility index (Phi) is 17.3. The number of benzene rings is 1. The third-order valence-electron chi connectivity index (χ3n) is 5.71. The first-order valence-electron chi connectivity index (χ1n) is 12.4. The van der Waals surface area contributed by atoms with Crippen LogP contribution < -0.4 is 0 Å². The average Bonchev–Trinajstić information content (AvgIpc) is 2.72. The van der Waals surface area contributed by atoms with E-state index in [9.17, 15) is 10.2 Å². The Bertz CT molecular complexity index is 490. The number of hydrogen-bond donors (Lipinski definition) is 2. The molecule has 0 saturated heterocycles. The molecular formula is C26H46O2S. The van der Waals surface area contributed by atoms with E-state index < -0.39 is 0 Å². The minimum Gasteiger partial charge on any atom is -0.504 e. The van der Waals surface area contributed by atoms with Gasteiger partial charge in [-0.15, -0.1) is 11.8 Å². The van der Waals surface area contributed by atoms with E-state index in [0.29, 0.717) is 0 Å². The van der Waals surface area contributed by atoms with Crippen LogP contribution in [0.2, 0.25) is 0 Å². The number of hydrogen-bond acceptors (Lipinski definition) is 3. The van der Waals surface area contributed by atoms with Gasteiger partial charge in [0.2, 0.25) is 0 Å². The lowest BCUT2D eigenvalue weighted by atomic mass is 10.0. The van der Waals surface area contributed by atoms with Crippen LogP contribution in [0.1, 0.15) is 122 Å². The van der Waals surface area contributed by atoms with Crippen molar-refractivity contribution in [3.63, 3.8) is 0 Å². The Morgan fingerprint density at radius 2 is 0.966 bits per heavy atom. The summed E-state index contributed by atoms with van der Waals surface area (Å²) in [7, 11) is 0. The third-order valence-corrected chi connectivity index (χ3v) is 6.79. The van der Waals surface area contributed by atoms with Gasteiger partial charge in [0.25, 0.3) is 0 Å². The van der Waals surface area contributed by atoms with Gasteiger partial charge < -0.3 is 10.2 Å². The summed E-state index contributed by atoms with van der Waals surface area (Å²) in [5.74, 6) is 1.03. The second-order valence-corrected chi connectivity index (χ2v) is 9.68. The zero-order chi connectivity index (χ0) is 21.0. The first kappa shape index (κ1) is 26.2. The van der Waals surface area contributed by atoms with Crippen LogP contribution >= 0.6 is 11.8 Å². The quantitative estimate of drug-likeness (QED) is 0.125. The lowest BCUT2D eigenvalue weighted by Crippen LogP contribution is -1.85. The first-order chi connectivity index (χ1) is 14.2. The smallest absolute Gasteiger partial charge is 0.158 e. The van der Waals surface area contributed by atoms with Gasteiger partial charge in [-0.1, -0.05) is 116 Å². The topological polar surface area (TPSA) is 40.5 Å². The zero-order valence-corrected chi connectivity index (χ0v) is 19.8. The molecule has 3 heteroatoms. The summed E-state index contributed by atoms with van der Waals surface area (Å²) >= 11 is 1.76. The summed E-state index contributed by atoms with van der Waals surface area (Å²) in [5.41, 5.74) is 0. The third kappa shape index (κ3) is 15.6. The van der Waals surface area contributed by atoms with Gasteiger partial charge in [0.15, 0.2) is 11.5 Å². The van der Waals surface area contributed by atoms with Crippen molar-refractivity contribution in [2.24, 2.45) is 0 Å². The second-order valence-electron chi connectivity index (χ2n) is 8.51. The van der Waals surface area contributed by atoms with Crippen molar-refractivity contribution in [2.45, 2.75) is 127 Å². The van der Waals surface area contributed by atoms with Crippen molar-refractivity contribution in [1.82, 2.24) is 0 Å². The molecule has 2 nitrogen and oxygen atoms in total. The molecule has 1 aromatic rings. The van der Waals surface area contributed by atoms with E-state index in [1.807, 2.05) is 6.07 Å². The summed E-state index contributed by atoms with van der Waals surface area (Å²) in [6, 6.07) is 5.08. The van der Waals surface area contributed by atoms with Crippen molar-refractivity contribution in [2.75, 3.05) is 5.75 Å². The van der Waals surface area contributed by atoms with Crippen molar-refractivity contribution in [3.05, 3.63) is 18.2 Å². The monoisotopic (exact) mass is 422 g/mol. The zero-order valence-electron chi connectivity index (χ0n) is 19.0. The van der Waals surface area contributed by atoms with E-state index in [4.69, 9.17) is 0 Å². The number of phenolic OH excluding ortho intramolecular Hbond substituents is 2. The highest BCUT2D eigenvalue weighted by atomic mass is 32.2. The fourth-order valence-electron chi connectivity index (χ4n) is 3.79. The van der Waals surface area contributed by atoms with E-state index in [0.717, 1.165) is 10.6 Å². The van der Waals surface area contributed by atoms with E-state index in [2.05, 4.69) is 6.92 Å². The Morgan fingerprint density at radius 1 is 0.552 bits per heavy atom. The van der Waals surface area contributed by atoms with Gasteiger partial charge in [0.1, 0.15) is 0 Å². The van der Waals surface area contributed by atoms with Crippen LogP contribution in [0.4, 0.5) is 0 Å². The lowest BCUT2D eigenvalue weighted by molar-refractivity contribution is 0.402. The van der Waals surface area contributed by atoms with Crippen LogP contribution in [0.25, 0.3) is 0 Å². The fraction of sp³-hybridized carbons (Fsp3) is 0.769. The minimum absolute atomic E-state index is 0.0206. The fourth-order valence-corrected chi connectivity index (χ4v) is 4.73. The van der Waals surface area contributed by atoms with Crippen molar-refractivity contribution in [3.8, 4) is 11.5 Å². The molecular weight excluding hydrogens is 376 g/mol. The standard InChI is InChI=1S/C26H46O2S/c1-2-3-4-5-6-7-8-9-10-11-12-13-14-15-16-17-18-19-22-29-24-20-21-25(27)26(28)23-24/h20-21,23,27-28H,2-19,22H2,1H3. The van der Waals surface area contributed by atoms with E-state index in [1.165, 1.54) is 116 Å². The minimum atomic E-state index is -0.0393. The normalized spacial score (nSPS) is 11.2. The van der Waals surface area contributed by atoms with Crippen LogP contribution in [0.3, 0.4) is 0 Å². The molecule has 1 rings (SSSR count). The van der Waals surface area contributed by atoms with Crippen LogP contribution in [0.5, 0.6) is 11.5 Å². The number of rotatable bonds is 20. The molecule has 0 radical (unpaired) electrons. The van der Waals surface area contributed by atoms with Gasteiger partial charge >= 0.3 is 0 Å². The molecule has 0 aromatic heterocycles. The van der Waals surface area contributed by atoms with Crippen molar-refractivity contribution >= 4 is 11.8 Å². The average molecular weight is 423 g/mol. The Labute approximate surface area is 184 Å². The van der Waals surface area contributed by atoms with Crippen molar-refractivity contribution in [1.29, 1.82) is 0 Å². The maximum Gasteiger partial charge on any atom is 0.158 e. The summed E-state index contributed by atoms with van der Waals surface area (Å²) in [6.45, 7) is 2.29. The highest BCUT2D eigenvalue weighted by Crippen LogP contribution is 2.30. The highest BCUT2D eigenvalue weighted by molar-refractivity contribution is 7.99. The van der Waals surface area contributed by atoms with Gasteiger partial charge in [-0.3, -0.25) is 0 Å². The number of thioether (sulfide) groups is 1. The van der Waals surface area contributed by atoms with E-state index in [-0.39, 0.29) is 11.5 Å². The molecule has 0 atom stereocenters. The first-order valence-corrected chi connectivity index (χ1v) is 13.4. The molecule has 1 aromatic carbocycles. The number of phenols is 2. The van der Waals surface area contributed by atoms with Crippen LogP contribution in [0.15, 0.2) is 23.1 Å². The molecule has 2 N–H and O–H groups in total. The molecule has 0 bridgehead atoms.